The van der Waals surface area contributed by atoms with Crippen LogP contribution >= 0.6 is 0 Å². The zero-order valence-electron chi connectivity index (χ0n) is 17.4. The van der Waals surface area contributed by atoms with Crippen molar-refractivity contribution in [1.29, 1.82) is 0 Å². The van der Waals surface area contributed by atoms with Crippen molar-refractivity contribution in [1.82, 2.24) is 20.2 Å². The van der Waals surface area contributed by atoms with Gasteiger partial charge >= 0.3 is 5.95 Å². The molecule has 11 heteroatoms. The lowest BCUT2D eigenvalue weighted by Crippen LogP contribution is -2.50. The maximum absolute atomic E-state index is 11.1. The second-order valence-corrected chi connectivity index (χ2v) is 7.76. The average molecular weight is 397 g/mol. The lowest BCUT2D eigenvalue weighted by molar-refractivity contribution is -0.396. The van der Waals surface area contributed by atoms with Crippen molar-refractivity contribution in [2.24, 2.45) is 10.3 Å². The number of rotatable bonds is 11. The van der Waals surface area contributed by atoms with E-state index in [2.05, 4.69) is 25.9 Å². The van der Waals surface area contributed by atoms with Gasteiger partial charge in [-0.05, 0) is 66.0 Å². The van der Waals surface area contributed by atoms with Gasteiger partial charge in [0, 0.05) is 0 Å². The molecule has 0 saturated carbocycles. The Labute approximate surface area is 164 Å². The Bertz CT molecular complexity index is 738. The molecule has 0 aliphatic heterocycles. The topological polar surface area (TPSA) is 150 Å². The van der Waals surface area contributed by atoms with Crippen LogP contribution in [-0.2, 0) is 6.54 Å². The molecule has 28 heavy (non-hydrogen) atoms. The average Bonchev–Trinajstić information content (AvgIpc) is 2.98. The summed E-state index contributed by atoms with van der Waals surface area (Å²) in [5, 5.41) is 42.7. The predicted molar refractivity (Wildman–Crippen MR) is 107 cm³/mol. The third-order valence-corrected chi connectivity index (χ3v) is 4.74. The van der Waals surface area contributed by atoms with E-state index in [1.165, 1.54) is 4.57 Å². The molecule has 0 aliphatic carbocycles. The van der Waals surface area contributed by atoms with Gasteiger partial charge < -0.3 is 31.2 Å². The number of oxime groups is 2. The van der Waals surface area contributed by atoms with Crippen molar-refractivity contribution >= 4 is 17.4 Å². The van der Waals surface area contributed by atoms with E-state index < -0.39 is 16.0 Å². The van der Waals surface area contributed by atoms with E-state index in [-0.39, 0.29) is 12.5 Å². The number of nitrogens with zero attached hydrogens (tertiary/aromatic N) is 5. The maximum Gasteiger partial charge on any atom is 0.435 e. The summed E-state index contributed by atoms with van der Waals surface area (Å²) in [6.07, 6.45) is 2.32. The minimum absolute atomic E-state index is 0.0467. The van der Waals surface area contributed by atoms with Crippen LogP contribution < -0.4 is 10.6 Å². The molecule has 0 spiro atoms. The molecule has 0 amide bonds. The first-order chi connectivity index (χ1) is 12.9. The first-order valence-corrected chi connectivity index (χ1v) is 9.03. The zero-order valence-corrected chi connectivity index (χ0v) is 17.4. The van der Waals surface area contributed by atoms with E-state index in [0.717, 1.165) is 6.42 Å². The molecule has 1 rings (SSSR count). The van der Waals surface area contributed by atoms with Gasteiger partial charge in [-0.3, -0.25) is 0 Å². The van der Waals surface area contributed by atoms with Crippen LogP contribution in [-0.4, -0.2) is 60.5 Å². The monoisotopic (exact) mass is 397 g/mol. The second kappa shape index (κ2) is 9.60. The summed E-state index contributed by atoms with van der Waals surface area (Å²) in [5.41, 5.74) is 0.362. The van der Waals surface area contributed by atoms with Gasteiger partial charge in [-0.1, -0.05) is 15.3 Å². The summed E-state index contributed by atoms with van der Waals surface area (Å²) in [4.78, 5) is 14.4. The van der Waals surface area contributed by atoms with Crippen molar-refractivity contribution in [2.45, 2.75) is 65.6 Å². The summed E-state index contributed by atoms with van der Waals surface area (Å²) >= 11 is 0. The van der Waals surface area contributed by atoms with Crippen LogP contribution in [0.1, 0.15) is 46.7 Å². The number of hydrogen-bond acceptors (Lipinski definition) is 9. The molecule has 0 aromatic carbocycles. The van der Waals surface area contributed by atoms with Gasteiger partial charge in [0.25, 0.3) is 0 Å². The molecule has 0 aliphatic rings. The molecule has 158 valence electrons. The third kappa shape index (κ3) is 6.27. The van der Waals surface area contributed by atoms with Crippen molar-refractivity contribution in [3.8, 4) is 0 Å². The van der Waals surface area contributed by atoms with Crippen LogP contribution in [0, 0.1) is 17.0 Å². The van der Waals surface area contributed by atoms with E-state index in [1.807, 2.05) is 27.7 Å². The first kappa shape index (κ1) is 23.5. The van der Waals surface area contributed by atoms with Gasteiger partial charge in [-0.2, -0.15) is 0 Å². The maximum atomic E-state index is 11.1. The molecule has 1 aromatic heterocycles. The van der Waals surface area contributed by atoms with E-state index in [9.17, 15) is 15.3 Å². The standard InChI is InChI=1S/C17H31N7O4/c1-12-10-23(15(20-12)24(27)28)11-14(22-26)17(5,6)19-9-7-8-18-16(3,4)13(2)21-25/h10,18-19,25-26H,7-9,11H2,1-6H3. The van der Waals surface area contributed by atoms with E-state index in [0.29, 0.717) is 30.2 Å². The molecule has 0 saturated heterocycles. The molecule has 0 atom stereocenters. The van der Waals surface area contributed by atoms with Crippen LogP contribution in [0.15, 0.2) is 16.5 Å². The first-order valence-electron chi connectivity index (χ1n) is 9.03. The number of nitro groups is 1. The predicted octanol–water partition coefficient (Wildman–Crippen LogP) is 1.91. The quantitative estimate of drug-likeness (QED) is 0.146. The summed E-state index contributed by atoms with van der Waals surface area (Å²) in [6, 6.07) is 0. The van der Waals surface area contributed by atoms with Crippen LogP contribution in [0.3, 0.4) is 0 Å². The molecule has 0 unspecified atom stereocenters. The fourth-order valence-corrected chi connectivity index (χ4v) is 2.56. The number of aromatic nitrogens is 2. The number of imidazole rings is 1. The smallest absolute Gasteiger partial charge is 0.411 e. The van der Waals surface area contributed by atoms with Gasteiger partial charge in [-0.25, -0.2) is 4.57 Å². The van der Waals surface area contributed by atoms with Crippen LogP contribution in [0.5, 0.6) is 0 Å². The fraction of sp³-hybridized carbons (Fsp3) is 0.706. The SMILES string of the molecule is CC(=NO)C(C)(C)NCCCNC(C)(C)C(Cn1cc(C)nc1[N+](=O)[O-])=NO. The van der Waals surface area contributed by atoms with Gasteiger partial charge in [-0.15, -0.1) is 0 Å². The van der Waals surface area contributed by atoms with E-state index in [4.69, 9.17) is 5.21 Å². The van der Waals surface area contributed by atoms with E-state index in [1.54, 1.807) is 20.0 Å². The highest BCUT2D eigenvalue weighted by molar-refractivity contribution is 5.92. The Morgan fingerprint density at radius 1 is 1.21 bits per heavy atom. The lowest BCUT2D eigenvalue weighted by Gasteiger charge is -2.28. The molecule has 0 radical (unpaired) electrons. The Morgan fingerprint density at radius 3 is 2.29 bits per heavy atom. The minimum Gasteiger partial charge on any atom is -0.411 e. The van der Waals surface area contributed by atoms with Crippen LogP contribution in [0.4, 0.5) is 5.95 Å². The lowest BCUT2D eigenvalue weighted by atomic mass is 9.97. The Balaban J connectivity index is 2.64. The molecule has 0 fully saturated rings. The fourth-order valence-electron chi connectivity index (χ4n) is 2.56. The molecule has 1 heterocycles. The highest BCUT2D eigenvalue weighted by Crippen LogP contribution is 2.15. The Morgan fingerprint density at radius 2 is 1.79 bits per heavy atom. The van der Waals surface area contributed by atoms with Crippen molar-refractivity contribution in [3.63, 3.8) is 0 Å². The highest BCUT2D eigenvalue weighted by atomic mass is 16.6. The molecule has 4 N–H and O–H groups in total. The normalized spacial score (nSPS) is 13.8. The number of nitrogens with one attached hydrogen (secondary N) is 2. The number of hydrogen-bond donors (Lipinski definition) is 4. The van der Waals surface area contributed by atoms with Gasteiger partial charge in [0.1, 0.15) is 24.1 Å². The summed E-state index contributed by atoms with van der Waals surface area (Å²) in [5.74, 6) is -0.290. The molecular formula is C17H31N7O4. The molecular weight excluding hydrogens is 366 g/mol. The summed E-state index contributed by atoms with van der Waals surface area (Å²) in [6.45, 7) is 12.3. The largest absolute Gasteiger partial charge is 0.435 e. The van der Waals surface area contributed by atoms with Gasteiger partial charge in [0.15, 0.2) is 0 Å². The Hall–Kier alpha value is -2.53. The molecule has 0 bridgehead atoms. The third-order valence-electron chi connectivity index (χ3n) is 4.74. The van der Waals surface area contributed by atoms with Crippen LogP contribution in [0.2, 0.25) is 0 Å². The Kier molecular flexibility index (Phi) is 8.06. The minimum atomic E-state index is -0.682. The van der Waals surface area contributed by atoms with Crippen molar-refractivity contribution in [2.75, 3.05) is 13.1 Å². The zero-order chi connectivity index (χ0) is 21.5. The van der Waals surface area contributed by atoms with Gasteiger partial charge in [0.05, 0.1) is 16.8 Å². The molecule has 11 nitrogen and oxygen atoms in total. The van der Waals surface area contributed by atoms with Crippen molar-refractivity contribution < 1.29 is 15.3 Å². The molecule has 1 aromatic rings. The van der Waals surface area contributed by atoms with Crippen molar-refractivity contribution in [3.05, 3.63) is 22.0 Å². The summed E-state index contributed by atoms with van der Waals surface area (Å²) < 4.78 is 1.36. The summed E-state index contributed by atoms with van der Waals surface area (Å²) in [7, 11) is 0. The number of aryl methyl sites for hydroxylation is 1. The highest BCUT2D eigenvalue weighted by Gasteiger charge is 2.29. The van der Waals surface area contributed by atoms with Gasteiger partial charge in [0.2, 0.25) is 0 Å². The van der Waals surface area contributed by atoms with Crippen LogP contribution in [0.25, 0.3) is 0 Å². The second-order valence-electron chi connectivity index (χ2n) is 7.76. The van der Waals surface area contributed by atoms with E-state index >= 15 is 0 Å².